The first-order chi connectivity index (χ1) is 32.8. The first kappa shape index (κ1) is 36.6. The maximum absolute atomic E-state index is 2.60. The lowest BCUT2D eigenvalue weighted by Crippen LogP contribution is -2.64. The van der Waals surface area contributed by atoms with Crippen molar-refractivity contribution in [3.63, 3.8) is 0 Å². The maximum atomic E-state index is 2.60. The quantitative estimate of drug-likeness (QED) is 0.163. The van der Waals surface area contributed by atoms with Crippen LogP contribution in [0.1, 0.15) is 0 Å². The molecule has 0 aliphatic carbocycles. The van der Waals surface area contributed by atoms with Gasteiger partial charge in [0.25, 0.3) is 13.4 Å². The van der Waals surface area contributed by atoms with Crippen LogP contribution in [0.4, 0.5) is 66.9 Å². The van der Waals surface area contributed by atoms with E-state index in [1.165, 1.54) is 108 Å². The summed E-state index contributed by atoms with van der Waals surface area (Å²) in [6.07, 6.45) is 0. The van der Waals surface area contributed by atoms with Gasteiger partial charge in [0.1, 0.15) is 0 Å². The third-order valence-electron chi connectivity index (χ3n) is 14.2. The number of hydrogen-bond acceptors (Lipinski definition) is 6. The minimum atomic E-state index is -0.0228. The van der Waals surface area contributed by atoms with Gasteiger partial charge in [0.05, 0.1) is 10.0 Å². The van der Waals surface area contributed by atoms with Crippen LogP contribution in [-0.2, 0) is 0 Å². The largest absolute Gasteiger partial charge is 0.311 e. The van der Waals surface area contributed by atoms with E-state index >= 15 is 0 Å². The van der Waals surface area contributed by atoms with Crippen molar-refractivity contribution < 1.29 is 0 Å². The fourth-order valence-corrected chi connectivity index (χ4v) is 14.2. The first-order valence-corrected chi connectivity index (χ1v) is 24.3. The molecule has 0 bridgehead atoms. The fourth-order valence-electron chi connectivity index (χ4n) is 11.7. The molecule has 6 heterocycles. The summed E-state index contributed by atoms with van der Waals surface area (Å²) in [5.41, 5.74) is 20.0. The Morgan fingerprint density at radius 2 is 0.591 bits per heavy atom. The minimum absolute atomic E-state index is 0.0228. The summed E-state index contributed by atoms with van der Waals surface area (Å²) in [5.74, 6) is 0. The molecule has 4 nitrogen and oxygen atoms in total. The van der Waals surface area contributed by atoms with Crippen molar-refractivity contribution in [3.05, 3.63) is 218 Å². The molecule has 0 atom stereocenters. The molecule has 4 aliphatic heterocycles. The summed E-state index contributed by atoms with van der Waals surface area (Å²) in [6.45, 7) is -0.0456. The van der Waals surface area contributed by atoms with Crippen molar-refractivity contribution in [2.24, 2.45) is 0 Å². The van der Waals surface area contributed by atoms with Crippen LogP contribution in [0.15, 0.2) is 218 Å². The lowest BCUT2D eigenvalue weighted by molar-refractivity contribution is 1.25. The minimum Gasteiger partial charge on any atom is -0.311 e. The molecular formula is C58H36B2N4S2. The average Bonchev–Trinajstić information content (AvgIpc) is 3.96. The van der Waals surface area contributed by atoms with Crippen LogP contribution < -0.4 is 52.4 Å². The van der Waals surface area contributed by atoms with E-state index in [1.807, 2.05) is 22.7 Å². The molecule has 306 valence electrons. The van der Waals surface area contributed by atoms with Crippen LogP contribution in [0.25, 0.3) is 20.2 Å². The van der Waals surface area contributed by atoms with Gasteiger partial charge in [-0.3, -0.25) is 0 Å². The topological polar surface area (TPSA) is 13.0 Å². The van der Waals surface area contributed by atoms with E-state index < -0.39 is 0 Å². The highest BCUT2D eigenvalue weighted by atomic mass is 32.1. The molecular weight excluding hydrogens is 838 g/mol. The average molecular weight is 875 g/mol. The summed E-state index contributed by atoms with van der Waals surface area (Å²) in [7, 11) is 0. The number of fused-ring (bicyclic) bond motifs is 12. The van der Waals surface area contributed by atoms with Crippen molar-refractivity contribution in [2.75, 3.05) is 19.6 Å². The second-order valence-electron chi connectivity index (χ2n) is 17.6. The van der Waals surface area contributed by atoms with Crippen molar-refractivity contribution in [2.45, 2.75) is 0 Å². The molecule has 0 saturated carbocycles. The second kappa shape index (κ2) is 13.9. The Balaban J connectivity index is 1.08. The zero-order valence-corrected chi connectivity index (χ0v) is 37.2. The molecule has 0 fully saturated rings. The summed E-state index contributed by atoms with van der Waals surface area (Å²) in [5, 5.41) is 5.20. The van der Waals surface area contributed by atoms with Gasteiger partial charge in [-0.05, 0) is 141 Å². The molecule has 0 amide bonds. The normalized spacial score (nSPS) is 13.9. The Hall–Kier alpha value is -7.77. The van der Waals surface area contributed by atoms with Gasteiger partial charge in [-0.1, -0.05) is 121 Å². The summed E-state index contributed by atoms with van der Waals surface area (Å²) in [4.78, 5) is 10.2. The van der Waals surface area contributed by atoms with E-state index in [-0.39, 0.29) is 13.4 Å². The van der Waals surface area contributed by atoms with Crippen LogP contribution in [0.3, 0.4) is 0 Å². The van der Waals surface area contributed by atoms with E-state index in [1.54, 1.807) is 0 Å². The highest BCUT2D eigenvalue weighted by Crippen LogP contribution is 2.51. The highest BCUT2D eigenvalue weighted by Gasteiger charge is 2.49. The number of thiophene rings is 2. The monoisotopic (exact) mass is 874 g/mol. The van der Waals surface area contributed by atoms with E-state index in [4.69, 9.17) is 0 Å². The standard InChI is InChI=1S/C58H36B2N4S2/c1-5-19-37(20-6-1)61-45-29-17-31-47-55(45)59(53-41-27-13-15-33-51(41)65-57(53)63(47)39-23-9-3-10-24-39)43-36-50-44(35-49(43)61)60-54-42-28-14-16-34-52(42)66-58(54)64(40-25-11-4-12-26-40)48-32-18-30-46(56(48)60)62(50)38-21-7-2-8-22-38/h1-36H. The summed E-state index contributed by atoms with van der Waals surface area (Å²) >= 11 is 3.82. The second-order valence-corrected chi connectivity index (χ2v) is 19.6. The predicted molar refractivity (Wildman–Crippen MR) is 285 cm³/mol. The Morgan fingerprint density at radius 1 is 0.273 bits per heavy atom. The number of hydrogen-bond donors (Lipinski definition) is 0. The Kier molecular flexibility index (Phi) is 7.68. The van der Waals surface area contributed by atoms with E-state index in [0.717, 1.165) is 11.4 Å². The van der Waals surface area contributed by atoms with Crippen LogP contribution in [0, 0.1) is 0 Å². The Bertz CT molecular complexity index is 3510. The van der Waals surface area contributed by atoms with Crippen molar-refractivity contribution >= 4 is 156 Å². The summed E-state index contributed by atoms with van der Waals surface area (Å²) < 4.78 is 2.61. The van der Waals surface area contributed by atoms with Gasteiger partial charge in [-0.15, -0.1) is 22.7 Å². The zero-order chi connectivity index (χ0) is 43.0. The van der Waals surface area contributed by atoms with Gasteiger partial charge in [0, 0.05) is 66.3 Å². The number of benzene rings is 9. The number of rotatable bonds is 4. The molecule has 4 aliphatic rings. The van der Waals surface area contributed by atoms with Crippen molar-refractivity contribution in [1.29, 1.82) is 0 Å². The van der Waals surface area contributed by atoms with Gasteiger partial charge in [-0.2, -0.15) is 0 Å². The lowest BCUT2D eigenvalue weighted by Gasteiger charge is -2.46. The summed E-state index contributed by atoms with van der Waals surface area (Å²) in [6, 6.07) is 81.2. The molecule has 0 unspecified atom stereocenters. The number of nitrogens with zero attached hydrogens (tertiary/aromatic N) is 4. The van der Waals surface area contributed by atoms with E-state index in [0.29, 0.717) is 0 Å². The Morgan fingerprint density at radius 3 is 0.970 bits per heavy atom. The molecule has 66 heavy (non-hydrogen) atoms. The molecule has 15 rings (SSSR count). The van der Waals surface area contributed by atoms with Crippen molar-refractivity contribution in [1.82, 2.24) is 0 Å². The molecule has 9 aromatic carbocycles. The van der Waals surface area contributed by atoms with Gasteiger partial charge in [0.2, 0.25) is 0 Å². The van der Waals surface area contributed by atoms with Gasteiger partial charge in [-0.25, -0.2) is 0 Å². The smallest absolute Gasteiger partial charge is 0.254 e. The first-order valence-electron chi connectivity index (χ1n) is 22.7. The predicted octanol–water partition coefficient (Wildman–Crippen LogP) is 12.3. The van der Waals surface area contributed by atoms with Crippen LogP contribution in [0.5, 0.6) is 0 Å². The lowest BCUT2D eigenvalue weighted by atomic mass is 9.31. The van der Waals surface area contributed by atoms with Gasteiger partial charge >= 0.3 is 0 Å². The molecule has 0 N–H and O–H groups in total. The molecule has 8 heteroatoms. The van der Waals surface area contributed by atoms with Gasteiger partial charge in [0.15, 0.2) is 0 Å². The van der Waals surface area contributed by atoms with Crippen LogP contribution >= 0.6 is 22.7 Å². The molecule has 2 aromatic heterocycles. The fraction of sp³-hybridized carbons (Fsp3) is 0. The molecule has 0 saturated heterocycles. The van der Waals surface area contributed by atoms with E-state index in [9.17, 15) is 0 Å². The maximum Gasteiger partial charge on any atom is 0.254 e. The van der Waals surface area contributed by atoms with Gasteiger partial charge < -0.3 is 19.6 Å². The van der Waals surface area contributed by atoms with Crippen LogP contribution in [-0.4, -0.2) is 13.4 Å². The highest BCUT2D eigenvalue weighted by molar-refractivity contribution is 7.27. The number of anilines is 12. The zero-order valence-electron chi connectivity index (χ0n) is 35.5. The van der Waals surface area contributed by atoms with Crippen LogP contribution in [0.2, 0.25) is 0 Å². The van der Waals surface area contributed by atoms with Crippen molar-refractivity contribution in [3.8, 4) is 0 Å². The molecule has 0 radical (unpaired) electrons. The number of para-hydroxylation sites is 4. The molecule has 11 aromatic rings. The molecule has 0 spiro atoms. The third kappa shape index (κ3) is 4.95. The third-order valence-corrected chi connectivity index (χ3v) is 16.6. The SMILES string of the molecule is c1ccc(N2c3cc4c(cc3B3c5c2cccc5N(c2ccccc2)c2sc5ccccc5c23)N(c2ccccc2)c2cccc3c2B4c2c(sc4ccccc24)N3c2ccccc2)cc1. The van der Waals surface area contributed by atoms with E-state index in [2.05, 4.69) is 238 Å². The Labute approximate surface area is 391 Å².